The Morgan fingerprint density at radius 2 is 1.91 bits per heavy atom. The van der Waals surface area contributed by atoms with E-state index in [1.54, 1.807) is 18.0 Å². The van der Waals surface area contributed by atoms with Crippen molar-refractivity contribution in [2.75, 3.05) is 24.2 Å². The molecule has 0 atom stereocenters. The third-order valence-electron chi connectivity index (χ3n) is 6.24. The van der Waals surface area contributed by atoms with Crippen molar-refractivity contribution in [3.63, 3.8) is 0 Å². The van der Waals surface area contributed by atoms with Crippen LogP contribution in [0.25, 0.3) is 10.9 Å². The van der Waals surface area contributed by atoms with Gasteiger partial charge in [0.25, 0.3) is 0 Å². The van der Waals surface area contributed by atoms with E-state index in [4.69, 9.17) is 0 Å². The fourth-order valence-electron chi connectivity index (χ4n) is 4.31. The molecule has 1 aliphatic rings. The van der Waals surface area contributed by atoms with Crippen LogP contribution in [0.5, 0.6) is 0 Å². The van der Waals surface area contributed by atoms with Crippen molar-refractivity contribution in [3.05, 3.63) is 65.4 Å². The highest BCUT2D eigenvalue weighted by atomic mass is 32.2. The summed E-state index contributed by atoms with van der Waals surface area (Å²) in [4.78, 5) is 20.7. The van der Waals surface area contributed by atoms with Crippen molar-refractivity contribution in [1.82, 2.24) is 10.3 Å². The number of aromatic nitrogens is 1. The van der Waals surface area contributed by atoms with Crippen molar-refractivity contribution < 1.29 is 4.79 Å². The smallest absolute Gasteiger partial charge is 0.223 e. The zero-order valence-corrected chi connectivity index (χ0v) is 19.4. The van der Waals surface area contributed by atoms with Gasteiger partial charge in [0.2, 0.25) is 5.91 Å². The monoisotopic (exact) mass is 444 g/mol. The lowest BCUT2D eigenvalue weighted by Gasteiger charge is -2.34. The van der Waals surface area contributed by atoms with Gasteiger partial charge in [0.15, 0.2) is 0 Å². The van der Waals surface area contributed by atoms with Crippen molar-refractivity contribution in [1.29, 1.82) is 5.26 Å². The largest absolute Gasteiger partial charge is 0.370 e. The molecule has 0 saturated carbocycles. The molecule has 0 spiro atoms. The molecule has 1 saturated heterocycles. The standard InChI is InChI=1S/C26H28N4OS/c1-3-18-6-9-24-23(14-18)25(21(15-27)17-28-24)30-12-10-20(11-13-30)26(31)29-16-19-4-7-22(32-2)8-5-19/h4-9,14,17,20H,3,10-13,16H2,1-2H3,(H,29,31). The van der Waals surface area contributed by atoms with Crippen LogP contribution in [0.2, 0.25) is 0 Å². The summed E-state index contributed by atoms with van der Waals surface area (Å²) in [6.45, 7) is 4.19. The Labute approximate surface area is 193 Å². The number of carbonyl (C=O) groups excluding carboxylic acids is 1. The van der Waals surface area contributed by atoms with E-state index in [0.29, 0.717) is 12.1 Å². The Balaban J connectivity index is 1.43. The first-order valence-corrected chi connectivity index (χ1v) is 12.3. The Kier molecular flexibility index (Phi) is 6.96. The summed E-state index contributed by atoms with van der Waals surface area (Å²) in [6.07, 6.45) is 6.22. The highest BCUT2D eigenvalue weighted by molar-refractivity contribution is 7.98. The molecule has 0 radical (unpaired) electrons. The fourth-order valence-corrected chi connectivity index (χ4v) is 4.72. The molecule has 1 N–H and O–H groups in total. The average Bonchev–Trinajstić information content (AvgIpc) is 2.86. The second kappa shape index (κ2) is 10.1. The number of piperidine rings is 1. The number of nitrogens with one attached hydrogen (secondary N) is 1. The minimum Gasteiger partial charge on any atom is -0.370 e. The molecule has 6 heteroatoms. The molecule has 0 bridgehead atoms. The summed E-state index contributed by atoms with van der Waals surface area (Å²) in [5, 5.41) is 13.8. The number of aryl methyl sites for hydroxylation is 1. The van der Waals surface area contributed by atoms with Crippen LogP contribution in [0.1, 0.15) is 36.5 Å². The maximum absolute atomic E-state index is 12.8. The number of benzene rings is 2. The third kappa shape index (κ3) is 4.73. The van der Waals surface area contributed by atoms with E-state index >= 15 is 0 Å². The summed E-state index contributed by atoms with van der Waals surface area (Å²) >= 11 is 1.71. The number of nitriles is 1. The van der Waals surface area contributed by atoms with Crippen LogP contribution < -0.4 is 10.2 Å². The van der Waals surface area contributed by atoms with Crippen LogP contribution in [0.3, 0.4) is 0 Å². The quantitative estimate of drug-likeness (QED) is 0.546. The van der Waals surface area contributed by atoms with E-state index in [9.17, 15) is 10.1 Å². The molecule has 1 fully saturated rings. The molecule has 1 aliphatic heterocycles. The predicted molar refractivity (Wildman–Crippen MR) is 131 cm³/mol. The minimum atomic E-state index is 0.00144. The number of hydrogen-bond acceptors (Lipinski definition) is 5. The van der Waals surface area contributed by atoms with Crippen LogP contribution in [0.4, 0.5) is 5.69 Å². The normalized spacial score (nSPS) is 14.3. The van der Waals surface area contributed by atoms with Gasteiger partial charge in [0, 0.05) is 42.0 Å². The Hall–Kier alpha value is -3.04. The Morgan fingerprint density at radius 1 is 1.19 bits per heavy atom. The number of amides is 1. The topological polar surface area (TPSA) is 69.0 Å². The Morgan fingerprint density at radius 3 is 2.56 bits per heavy atom. The highest BCUT2D eigenvalue weighted by Gasteiger charge is 2.27. The maximum Gasteiger partial charge on any atom is 0.223 e. The van der Waals surface area contributed by atoms with Crippen molar-refractivity contribution in [2.24, 2.45) is 5.92 Å². The summed E-state index contributed by atoms with van der Waals surface area (Å²) in [5.41, 5.74) is 4.81. The summed E-state index contributed by atoms with van der Waals surface area (Å²) in [6, 6.07) is 16.9. The first kappa shape index (κ1) is 22.2. The fraction of sp³-hybridized carbons (Fsp3) is 0.346. The first-order chi connectivity index (χ1) is 15.6. The molecule has 1 amide bonds. The van der Waals surface area contributed by atoms with Crippen molar-refractivity contribution in [2.45, 2.75) is 37.6 Å². The van der Waals surface area contributed by atoms with E-state index in [-0.39, 0.29) is 11.8 Å². The van der Waals surface area contributed by atoms with Gasteiger partial charge in [-0.1, -0.05) is 25.1 Å². The highest BCUT2D eigenvalue weighted by Crippen LogP contribution is 2.33. The van der Waals surface area contributed by atoms with E-state index in [0.717, 1.165) is 54.5 Å². The first-order valence-electron chi connectivity index (χ1n) is 11.1. The molecule has 1 aromatic heterocycles. The maximum atomic E-state index is 12.8. The average molecular weight is 445 g/mol. The lowest BCUT2D eigenvalue weighted by Crippen LogP contribution is -2.40. The molecule has 0 aliphatic carbocycles. The van der Waals surface area contributed by atoms with E-state index in [1.165, 1.54) is 10.5 Å². The number of nitrogens with zero attached hydrogens (tertiary/aromatic N) is 3. The molecule has 0 unspecified atom stereocenters. The second-order valence-electron chi connectivity index (χ2n) is 8.16. The van der Waals surface area contributed by atoms with Crippen LogP contribution in [0.15, 0.2) is 53.6 Å². The predicted octanol–water partition coefficient (Wildman–Crippen LogP) is 4.92. The molecule has 32 heavy (non-hydrogen) atoms. The number of carbonyl (C=O) groups is 1. The number of pyridine rings is 1. The minimum absolute atomic E-state index is 0.00144. The van der Waals surface area contributed by atoms with Gasteiger partial charge >= 0.3 is 0 Å². The van der Waals surface area contributed by atoms with Crippen molar-refractivity contribution in [3.8, 4) is 6.07 Å². The second-order valence-corrected chi connectivity index (χ2v) is 9.04. The number of thioether (sulfide) groups is 1. The third-order valence-corrected chi connectivity index (χ3v) is 6.98. The zero-order chi connectivity index (χ0) is 22.5. The SMILES string of the molecule is CCc1ccc2ncc(C#N)c(N3CCC(C(=O)NCc4ccc(SC)cc4)CC3)c2c1. The Bertz CT molecular complexity index is 1140. The van der Waals surface area contributed by atoms with Gasteiger partial charge < -0.3 is 10.2 Å². The van der Waals surface area contributed by atoms with Crippen LogP contribution >= 0.6 is 11.8 Å². The van der Waals surface area contributed by atoms with E-state index in [2.05, 4.69) is 70.8 Å². The molecular weight excluding hydrogens is 416 g/mol. The number of rotatable bonds is 6. The molecular formula is C26H28N4OS. The molecule has 3 aromatic rings. The molecule has 2 heterocycles. The number of anilines is 1. The molecule has 5 nitrogen and oxygen atoms in total. The van der Waals surface area contributed by atoms with Crippen molar-refractivity contribution >= 4 is 34.3 Å². The van der Waals surface area contributed by atoms with E-state index < -0.39 is 0 Å². The van der Waals surface area contributed by atoms with Gasteiger partial charge in [-0.3, -0.25) is 9.78 Å². The molecule has 4 rings (SSSR count). The summed E-state index contributed by atoms with van der Waals surface area (Å²) in [7, 11) is 0. The van der Waals surface area contributed by atoms with Gasteiger partial charge in [0.05, 0.1) is 16.8 Å². The van der Waals surface area contributed by atoms with Gasteiger partial charge in [-0.2, -0.15) is 5.26 Å². The summed E-state index contributed by atoms with van der Waals surface area (Å²) < 4.78 is 0. The lowest BCUT2D eigenvalue weighted by molar-refractivity contribution is -0.125. The van der Waals surface area contributed by atoms with Gasteiger partial charge in [0.1, 0.15) is 6.07 Å². The number of hydrogen-bond donors (Lipinski definition) is 1. The van der Waals surface area contributed by atoms with Crippen LogP contribution in [-0.4, -0.2) is 30.2 Å². The summed E-state index contributed by atoms with van der Waals surface area (Å²) in [5.74, 6) is 0.119. The van der Waals surface area contributed by atoms with Crippen LogP contribution in [-0.2, 0) is 17.8 Å². The lowest BCUT2D eigenvalue weighted by atomic mass is 9.94. The van der Waals surface area contributed by atoms with E-state index in [1.807, 2.05) is 6.07 Å². The van der Waals surface area contributed by atoms with Gasteiger partial charge in [-0.15, -0.1) is 11.8 Å². The molecule has 2 aromatic carbocycles. The van der Waals surface area contributed by atoms with Gasteiger partial charge in [-0.25, -0.2) is 0 Å². The molecule has 164 valence electrons. The number of fused-ring (bicyclic) bond motifs is 1. The zero-order valence-electron chi connectivity index (χ0n) is 18.6. The van der Waals surface area contributed by atoms with Gasteiger partial charge in [-0.05, 0) is 60.9 Å². The van der Waals surface area contributed by atoms with Crippen LogP contribution in [0, 0.1) is 17.2 Å².